The van der Waals surface area contributed by atoms with Gasteiger partial charge in [-0.3, -0.25) is 0 Å². The monoisotopic (exact) mass is 538 g/mol. The zero-order valence-electron chi connectivity index (χ0n) is 21.0. The maximum absolute atomic E-state index is 13.0. The lowest BCUT2D eigenvalue weighted by Crippen LogP contribution is -2.37. The van der Waals surface area contributed by atoms with Crippen molar-refractivity contribution >= 4 is 21.8 Å². The molecule has 4 atom stereocenters. The van der Waals surface area contributed by atoms with Crippen LogP contribution >= 0.6 is 0 Å². The largest absolute Gasteiger partial charge is 0.458 e. The molecular weight excluding hydrogens is 508 g/mol. The van der Waals surface area contributed by atoms with Crippen LogP contribution in [0, 0.1) is 5.92 Å². The molecule has 0 N–H and O–H groups in total. The van der Waals surface area contributed by atoms with Gasteiger partial charge in [0.05, 0.1) is 40.6 Å². The second kappa shape index (κ2) is 12.8. The summed E-state index contributed by atoms with van der Waals surface area (Å²) in [5.41, 5.74) is 0.730. The maximum Gasteiger partial charge on any atom is 0.338 e. The van der Waals surface area contributed by atoms with Crippen LogP contribution in [0.4, 0.5) is 0 Å². The third kappa shape index (κ3) is 7.06. The molecular formula is C29H30O8S. The molecule has 3 aromatic carbocycles. The first-order valence-electron chi connectivity index (χ1n) is 12.3. The van der Waals surface area contributed by atoms with E-state index in [1.54, 1.807) is 91.0 Å². The fraction of sp³-hybridized carbons (Fsp3) is 0.310. The molecule has 0 radical (unpaired) electrons. The highest BCUT2D eigenvalue weighted by Crippen LogP contribution is 2.30. The van der Waals surface area contributed by atoms with E-state index in [1.807, 2.05) is 0 Å². The van der Waals surface area contributed by atoms with Gasteiger partial charge in [0, 0.05) is 19.4 Å². The van der Waals surface area contributed by atoms with Crippen molar-refractivity contribution in [3.8, 4) is 0 Å². The van der Waals surface area contributed by atoms with Crippen molar-refractivity contribution in [1.29, 1.82) is 0 Å². The average molecular weight is 539 g/mol. The minimum atomic E-state index is -3.56. The molecule has 0 amide bonds. The van der Waals surface area contributed by atoms with Crippen LogP contribution < -0.4 is 0 Å². The van der Waals surface area contributed by atoms with Gasteiger partial charge in [-0.05, 0) is 36.4 Å². The molecule has 0 spiro atoms. The summed E-state index contributed by atoms with van der Waals surface area (Å²) in [4.78, 5) is 25.5. The zero-order chi connectivity index (χ0) is 27.0. The Bertz CT molecular complexity index is 1300. The Morgan fingerprint density at radius 1 is 0.868 bits per heavy atom. The summed E-state index contributed by atoms with van der Waals surface area (Å²) >= 11 is 0. The van der Waals surface area contributed by atoms with Crippen LogP contribution in [0.5, 0.6) is 0 Å². The molecule has 38 heavy (non-hydrogen) atoms. The summed E-state index contributed by atoms with van der Waals surface area (Å²) in [6.45, 7) is -0.0338. The van der Waals surface area contributed by atoms with Crippen LogP contribution in [-0.4, -0.2) is 64.7 Å². The molecule has 4 rings (SSSR count). The number of sulfone groups is 1. The zero-order valence-corrected chi connectivity index (χ0v) is 21.8. The summed E-state index contributed by atoms with van der Waals surface area (Å²) < 4.78 is 48.7. The van der Waals surface area contributed by atoms with E-state index < -0.39 is 46.0 Å². The topological polar surface area (TPSA) is 105 Å². The summed E-state index contributed by atoms with van der Waals surface area (Å²) in [6.07, 6.45) is -1.82. The van der Waals surface area contributed by atoms with Gasteiger partial charge in [-0.25, -0.2) is 18.0 Å². The van der Waals surface area contributed by atoms with E-state index in [9.17, 15) is 18.0 Å². The second-order valence-corrected chi connectivity index (χ2v) is 11.1. The number of hydrogen-bond donors (Lipinski definition) is 0. The maximum atomic E-state index is 13.0. The van der Waals surface area contributed by atoms with Crippen LogP contribution in [-0.2, 0) is 28.8 Å². The summed E-state index contributed by atoms with van der Waals surface area (Å²) in [7, 11) is -2.07. The molecule has 1 fully saturated rings. The number of rotatable bonds is 11. The molecule has 9 heteroatoms. The summed E-state index contributed by atoms with van der Waals surface area (Å²) in [6, 6.07) is 25.2. The molecule has 0 aromatic heterocycles. The van der Waals surface area contributed by atoms with E-state index in [0.717, 1.165) is 0 Å². The number of ether oxygens (including phenoxy) is 4. The molecule has 8 nitrogen and oxygen atoms in total. The third-order valence-electron chi connectivity index (χ3n) is 6.35. The molecule has 0 aliphatic carbocycles. The van der Waals surface area contributed by atoms with Gasteiger partial charge in [-0.1, -0.05) is 54.6 Å². The quantitative estimate of drug-likeness (QED) is 0.338. The molecule has 1 saturated heterocycles. The van der Waals surface area contributed by atoms with Crippen molar-refractivity contribution in [1.82, 2.24) is 0 Å². The van der Waals surface area contributed by atoms with E-state index in [1.165, 1.54) is 7.11 Å². The number of benzene rings is 3. The van der Waals surface area contributed by atoms with E-state index in [0.29, 0.717) is 11.1 Å². The average Bonchev–Trinajstić information content (AvgIpc) is 3.32. The van der Waals surface area contributed by atoms with Crippen LogP contribution in [0.3, 0.4) is 0 Å². The first-order chi connectivity index (χ1) is 18.4. The molecule has 3 aromatic rings. The van der Waals surface area contributed by atoms with Gasteiger partial charge in [0.25, 0.3) is 0 Å². The Balaban J connectivity index is 1.45. The number of methoxy groups -OCH3 is 1. The van der Waals surface area contributed by atoms with Gasteiger partial charge < -0.3 is 18.9 Å². The third-order valence-corrected chi connectivity index (χ3v) is 8.21. The molecule has 2 unspecified atom stereocenters. The molecule has 0 saturated carbocycles. The fourth-order valence-corrected chi connectivity index (χ4v) is 6.08. The molecule has 1 heterocycles. The lowest BCUT2D eigenvalue weighted by Gasteiger charge is -2.25. The Morgan fingerprint density at radius 3 is 2.00 bits per heavy atom. The number of carbonyl (C=O) groups is 2. The van der Waals surface area contributed by atoms with Gasteiger partial charge >= 0.3 is 11.9 Å². The predicted molar refractivity (Wildman–Crippen MR) is 140 cm³/mol. The van der Waals surface area contributed by atoms with Crippen LogP contribution in [0.1, 0.15) is 27.1 Å². The Kier molecular flexibility index (Phi) is 9.28. The lowest BCUT2D eigenvalue weighted by molar-refractivity contribution is -0.0427. The van der Waals surface area contributed by atoms with Crippen LogP contribution in [0.15, 0.2) is 95.9 Å². The van der Waals surface area contributed by atoms with Crippen molar-refractivity contribution in [2.45, 2.75) is 29.6 Å². The van der Waals surface area contributed by atoms with E-state index in [2.05, 4.69) is 0 Å². The van der Waals surface area contributed by atoms with Crippen molar-refractivity contribution in [3.05, 3.63) is 102 Å². The Morgan fingerprint density at radius 2 is 1.42 bits per heavy atom. The second-order valence-electron chi connectivity index (χ2n) is 9.02. The molecule has 1 aliphatic rings. The SMILES string of the molecule is CO[C@@H]1C(CS(=O)(=O)c2ccccc2)CO[C@@H]1CC(COC(=O)c1ccccc1)OC(=O)c1ccccc1. The van der Waals surface area contributed by atoms with E-state index >= 15 is 0 Å². The molecule has 0 bridgehead atoms. The normalized spacial score (nSPS) is 20.0. The van der Waals surface area contributed by atoms with E-state index in [4.69, 9.17) is 18.9 Å². The standard InChI is InChI=1S/C29H30O8S/c1-34-27-23(20-38(32,33)25-15-9-4-10-16-25)18-35-26(27)17-24(37-29(31)22-13-7-3-8-14-22)19-36-28(30)21-11-5-2-6-12-21/h2-16,23-24,26-27H,17-20H2,1H3/t23?,24?,26-,27-/m1/s1. The lowest BCUT2D eigenvalue weighted by atomic mass is 9.99. The Labute approximate surface area is 222 Å². The van der Waals surface area contributed by atoms with Crippen LogP contribution in [0.2, 0.25) is 0 Å². The number of hydrogen-bond acceptors (Lipinski definition) is 8. The predicted octanol–water partition coefficient (Wildman–Crippen LogP) is 3.96. The van der Waals surface area contributed by atoms with Gasteiger partial charge in [0.15, 0.2) is 9.84 Å². The highest BCUT2D eigenvalue weighted by atomic mass is 32.2. The van der Waals surface area contributed by atoms with Crippen molar-refractivity contribution in [2.24, 2.45) is 5.92 Å². The van der Waals surface area contributed by atoms with E-state index in [-0.39, 0.29) is 30.3 Å². The Hall–Kier alpha value is -3.53. The molecule has 200 valence electrons. The van der Waals surface area contributed by atoms with Gasteiger partial charge in [0.1, 0.15) is 12.7 Å². The number of carbonyl (C=O) groups excluding carboxylic acids is 2. The van der Waals surface area contributed by atoms with Crippen molar-refractivity contribution in [3.63, 3.8) is 0 Å². The summed E-state index contributed by atoms with van der Waals surface area (Å²) in [5, 5.41) is 0. The van der Waals surface area contributed by atoms with Crippen LogP contribution in [0.25, 0.3) is 0 Å². The first-order valence-corrected chi connectivity index (χ1v) is 13.9. The van der Waals surface area contributed by atoms with Gasteiger partial charge in [0.2, 0.25) is 0 Å². The van der Waals surface area contributed by atoms with Crippen molar-refractivity contribution < 1.29 is 37.0 Å². The minimum absolute atomic E-state index is 0.149. The van der Waals surface area contributed by atoms with Gasteiger partial charge in [-0.2, -0.15) is 0 Å². The molecule has 1 aliphatic heterocycles. The smallest absolute Gasteiger partial charge is 0.338 e. The number of esters is 2. The highest BCUT2D eigenvalue weighted by molar-refractivity contribution is 7.91. The minimum Gasteiger partial charge on any atom is -0.458 e. The van der Waals surface area contributed by atoms with Crippen molar-refractivity contribution in [2.75, 3.05) is 26.1 Å². The van der Waals surface area contributed by atoms with Gasteiger partial charge in [-0.15, -0.1) is 0 Å². The highest BCUT2D eigenvalue weighted by Gasteiger charge is 2.42. The first kappa shape index (κ1) is 27.5. The summed E-state index contributed by atoms with van der Waals surface area (Å²) in [5.74, 6) is -1.69. The fourth-order valence-electron chi connectivity index (χ4n) is 4.46.